The second-order valence-electron chi connectivity index (χ2n) is 7.02. The highest BCUT2D eigenvalue weighted by Gasteiger charge is 2.42. The molecule has 1 aliphatic carbocycles. The molecular weight excluding hydrogens is 403 g/mol. The molecule has 10 heteroatoms. The van der Waals surface area contributed by atoms with Crippen molar-refractivity contribution in [1.29, 1.82) is 0 Å². The van der Waals surface area contributed by atoms with Gasteiger partial charge in [0, 0.05) is 6.04 Å². The lowest BCUT2D eigenvalue weighted by molar-refractivity contribution is -0.183. The van der Waals surface area contributed by atoms with Gasteiger partial charge in [-0.1, -0.05) is 24.6 Å². The van der Waals surface area contributed by atoms with Gasteiger partial charge in [-0.25, -0.2) is 10.2 Å². The molecule has 1 aliphatic rings. The van der Waals surface area contributed by atoms with Crippen LogP contribution in [-0.2, 0) is 6.61 Å². The molecule has 3 amide bonds. The van der Waals surface area contributed by atoms with E-state index in [2.05, 4.69) is 16.2 Å². The van der Waals surface area contributed by atoms with Gasteiger partial charge in [-0.05, 0) is 43.5 Å². The summed E-state index contributed by atoms with van der Waals surface area (Å²) in [6.45, 7) is 0.118. The van der Waals surface area contributed by atoms with Gasteiger partial charge >= 0.3 is 18.1 Å². The molecule has 30 heavy (non-hydrogen) atoms. The van der Waals surface area contributed by atoms with Gasteiger partial charge in [-0.15, -0.1) is 0 Å². The molecule has 3 rings (SSSR count). The Kier molecular flexibility index (Phi) is 6.86. The normalized spacial score (nSPS) is 19.0. The summed E-state index contributed by atoms with van der Waals surface area (Å²) in [4.78, 5) is 24.0. The van der Waals surface area contributed by atoms with Crippen molar-refractivity contribution in [1.82, 2.24) is 16.2 Å². The average molecular weight is 425 g/mol. The number of para-hydroxylation sites is 1. The number of alkyl halides is 3. The Morgan fingerprint density at radius 3 is 2.57 bits per heavy atom. The molecule has 0 radical (unpaired) electrons. The molecule has 2 aromatic rings. The van der Waals surface area contributed by atoms with Crippen LogP contribution in [-0.4, -0.2) is 24.2 Å². The monoisotopic (exact) mass is 425 g/mol. The number of halogens is 3. The number of ether oxygens (including phenoxy) is 1. The van der Waals surface area contributed by atoms with E-state index in [1.165, 1.54) is 6.07 Å². The maximum Gasteiger partial charge on any atom is 0.391 e. The smallest absolute Gasteiger partial charge is 0.391 e. The lowest BCUT2D eigenvalue weighted by Gasteiger charge is -2.30. The van der Waals surface area contributed by atoms with Gasteiger partial charge in [0.05, 0.1) is 5.92 Å². The summed E-state index contributed by atoms with van der Waals surface area (Å²) >= 11 is 0. The lowest BCUT2D eigenvalue weighted by Crippen LogP contribution is -2.51. The topological polar surface area (TPSA) is 92.6 Å². The number of furan rings is 1. The molecule has 1 fully saturated rings. The minimum Gasteiger partial charge on any atom is -0.486 e. The van der Waals surface area contributed by atoms with Crippen LogP contribution in [0.4, 0.5) is 18.0 Å². The largest absolute Gasteiger partial charge is 0.486 e. The van der Waals surface area contributed by atoms with Crippen molar-refractivity contribution in [3.63, 3.8) is 0 Å². The molecular formula is C20H22F3N3O4. The van der Waals surface area contributed by atoms with Crippen molar-refractivity contribution in [2.24, 2.45) is 5.92 Å². The van der Waals surface area contributed by atoms with Crippen molar-refractivity contribution in [3.05, 3.63) is 54.0 Å². The number of hydrogen-bond donors (Lipinski definition) is 3. The van der Waals surface area contributed by atoms with Crippen molar-refractivity contribution < 1.29 is 31.9 Å². The summed E-state index contributed by atoms with van der Waals surface area (Å²) in [5, 5.41) is 2.46. The third-order valence-electron chi connectivity index (χ3n) is 4.77. The number of carbonyl (C=O) groups excluding carboxylic acids is 2. The third kappa shape index (κ3) is 6.16. The van der Waals surface area contributed by atoms with Crippen molar-refractivity contribution >= 4 is 11.9 Å². The number of hydrazine groups is 1. The first-order valence-electron chi connectivity index (χ1n) is 9.51. The van der Waals surface area contributed by atoms with Crippen LogP contribution < -0.4 is 20.9 Å². The van der Waals surface area contributed by atoms with Crippen LogP contribution in [0, 0.1) is 5.92 Å². The van der Waals surface area contributed by atoms with Crippen LogP contribution in [0.15, 0.2) is 46.9 Å². The molecule has 1 aromatic carbocycles. The maximum atomic E-state index is 12.8. The number of carbonyl (C=O) groups is 2. The highest BCUT2D eigenvalue weighted by molar-refractivity contribution is 5.92. The Morgan fingerprint density at radius 2 is 1.83 bits per heavy atom. The fourth-order valence-electron chi connectivity index (χ4n) is 3.26. The van der Waals surface area contributed by atoms with E-state index in [-0.39, 0.29) is 25.2 Å². The zero-order chi connectivity index (χ0) is 21.6. The molecule has 1 heterocycles. The standard InChI is InChI=1S/C20H22F3N3O4/c21-20(22,23)13-5-4-6-14(11-13)24-19(28)26-25-18(27)17-10-9-16(30-17)12-29-15-7-2-1-3-8-15/h1-3,7-10,13-14H,4-6,11-12H2,(H,25,27)(H2,24,26,28)/t13-,14-/m1/s1. The molecule has 2 atom stereocenters. The number of hydrogen-bond acceptors (Lipinski definition) is 4. The number of benzene rings is 1. The van der Waals surface area contributed by atoms with Crippen molar-refractivity contribution in [3.8, 4) is 5.75 Å². The second-order valence-corrected chi connectivity index (χ2v) is 7.02. The SMILES string of the molecule is O=C(NNC(=O)c1ccc(COc2ccccc2)o1)N[C@@H]1CCC[C@@H](C(F)(F)F)C1. The molecule has 0 aliphatic heterocycles. The fraction of sp³-hybridized carbons (Fsp3) is 0.400. The van der Waals surface area contributed by atoms with Gasteiger partial charge in [0.2, 0.25) is 0 Å². The average Bonchev–Trinajstić information content (AvgIpc) is 3.20. The third-order valence-corrected chi connectivity index (χ3v) is 4.77. The molecule has 3 N–H and O–H groups in total. The van der Waals surface area contributed by atoms with E-state index in [0.29, 0.717) is 24.4 Å². The van der Waals surface area contributed by atoms with Crippen LogP contribution in [0.25, 0.3) is 0 Å². The number of rotatable bonds is 5. The van der Waals surface area contributed by atoms with E-state index >= 15 is 0 Å². The maximum absolute atomic E-state index is 12.8. The lowest BCUT2D eigenvalue weighted by atomic mass is 9.85. The zero-order valence-electron chi connectivity index (χ0n) is 16.0. The van der Waals surface area contributed by atoms with E-state index in [0.717, 1.165) is 0 Å². The van der Waals surface area contributed by atoms with Crippen LogP contribution in [0.1, 0.15) is 42.0 Å². The Hall–Kier alpha value is -3.17. The molecule has 1 saturated carbocycles. The summed E-state index contributed by atoms with van der Waals surface area (Å²) < 4.78 is 49.4. The molecule has 0 spiro atoms. The highest BCUT2D eigenvalue weighted by Crippen LogP contribution is 2.37. The van der Waals surface area contributed by atoms with Crippen LogP contribution in [0.2, 0.25) is 0 Å². The van der Waals surface area contributed by atoms with E-state index in [9.17, 15) is 22.8 Å². The molecule has 1 aromatic heterocycles. The summed E-state index contributed by atoms with van der Waals surface area (Å²) in [7, 11) is 0. The number of nitrogens with one attached hydrogen (secondary N) is 3. The van der Waals surface area contributed by atoms with Gasteiger partial charge in [-0.3, -0.25) is 10.2 Å². The highest BCUT2D eigenvalue weighted by atomic mass is 19.4. The van der Waals surface area contributed by atoms with Crippen LogP contribution in [0.5, 0.6) is 5.75 Å². The summed E-state index contributed by atoms with van der Waals surface area (Å²) in [5.74, 6) is -1.11. The van der Waals surface area contributed by atoms with Crippen LogP contribution >= 0.6 is 0 Å². The molecule has 7 nitrogen and oxygen atoms in total. The molecule has 0 unspecified atom stereocenters. The van der Waals surface area contributed by atoms with Gasteiger partial charge in [0.1, 0.15) is 18.1 Å². The van der Waals surface area contributed by atoms with Gasteiger partial charge in [-0.2, -0.15) is 13.2 Å². The minimum atomic E-state index is -4.27. The predicted molar refractivity (Wildman–Crippen MR) is 100 cm³/mol. The summed E-state index contributed by atoms with van der Waals surface area (Å²) in [6, 6.07) is 10.7. The Labute approximate surface area is 170 Å². The Morgan fingerprint density at radius 1 is 1.07 bits per heavy atom. The second kappa shape index (κ2) is 9.55. The summed E-state index contributed by atoms with van der Waals surface area (Å²) in [6.07, 6.45) is -3.55. The quantitative estimate of drug-likeness (QED) is 0.633. The first-order chi connectivity index (χ1) is 14.3. The molecule has 162 valence electrons. The number of urea groups is 1. The van der Waals surface area contributed by atoms with Crippen LogP contribution in [0.3, 0.4) is 0 Å². The van der Waals surface area contributed by atoms with Gasteiger partial charge in [0.25, 0.3) is 0 Å². The number of amides is 3. The summed E-state index contributed by atoms with van der Waals surface area (Å²) in [5.41, 5.74) is 4.29. The Bertz CT molecular complexity index is 854. The van der Waals surface area contributed by atoms with Gasteiger partial charge < -0.3 is 14.5 Å². The van der Waals surface area contributed by atoms with E-state index in [4.69, 9.17) is 9.15 Å². The molecule has 0 saturated heterocycles. The van der Waals surface area contributed by atoms with E-state index < -0.39 is 30.1 Å². The minimum absolute atomic E-state index is 0.0447. The zero-order valence-corrected chi connectivity index (χ0v) is 16.0. The fourth-order valence-corrected chi connectivity index (χ4v) is 3.26. The Balaban J connectivity index is 1.42. The van der Waals surface area contributed by atoms with E-state index in [1.54, 1.807) is 18.2 Å². The first kappa shape index (κ1) is 21.5. The van der Waals surface area contributed by atoms with Crippen molar-refractivity contribution in [2.45, 2.75) is 44.5 Å². The first-order valence-corrected chi connectivity index (χ1v) is 9.51. The molecule has 0 bridgehead atoms. The van der Waals surface area contributed by atoms with Gasteiger partial charge in [0.15, 0.2) is 5.76 Å². The van der Waals surface area contributed by atoms with Crippen molar-refractivity contribution in [2.75, 3.05) is 0 Å². The predicted octanol–water partition coefficient (Wildman–Crippen LogP) is 3.92. The van der Waals surface area contributed by atoms with E-state index in [1.807, 2.05) is 18.2 Å².